The van der Waals surface area contributed by atoms with E-state index in [0.717, 1.165) is 5.56 Å². The van der Waals surface area contributed by atoms with Crippen molar-refractivity contribution >= 4 is 22.9 Å². The Bertz CT molecular complexity index is 994. The predicted molar refractivity (Wildman–Crippen MR) is 93.8 cm³/mol. The molecule has 3 heterocycles. The fourth-order valence-electron chi connectivity index (χ4n) is 3.18. The molecule has 1 fully saturated rings. The lowest BCUT2D eigenvalue weighted by Crippen LogP contribution is -2.51. The average Bonchev–Trinajstić information content (AvgIpc) is 3.28. The number of aromatic amines is 2. The maximum absolute atomic E-state index is 12.7. The molecule has 2 amide bonds. The van der Waals surface area contributed by atoms with E-state index in [2.05, 4.69) is 9.97 Å². The SMILES string of the molecule is O=C(Cc1cc[nH]c1)N1CCN(C(=O)c2ccc3oc(=O)[nH]c3c2)CC1. The Hall–Kier alpha value is -3.29. The summed E-state index contributed by atoms with van der Waals surface area (Å²) in [5.74, 6) is -0.597. The van der Waals surface area contributed by atoms with Gasteiger partial charge in [-0.2, -0.15) is 0 Å². The topological polar surface area (TPSA) is 102 Å². The lowest BCUT2D eigenvalue weighted by molar-refractivity contribution is -0.131. The molecule has 1 aliphatic heterocycles. The summed E-state index contributed by atoms with van der Waals surface area (Å²) in [6.45, 7) is 1.99. The number of carbonyl (C=O) groups is 2. The summed E-state index contributed by atoms with van der Waals surface area (Å²) in [6, 6.07) is 6.75. The third-order valence-electron chi connectivity index (χ3n) is 4.60. The molecule has 0 bridgehead atoms. The molecule has 0 aliphatic carbocycles. The van der Waals surface area contributed by atoms with E-state index < -0.39 is 5.76 Å². The molecule has 0 unspecified atom stereocenters. The second-order valence-corrected chi connectivity index (χ2v) is 6.29. The summed E-state index contributed by atoms with van der Waals surface area (Å²) in [5, 5.41) is 0. The Morgan fingerprint density at radius 2 is 1.85 bits per heavy atom. The second kappa shape index (κ2) is 6.55. The number of fused-ring (bicyclic) bond motifs is 1. The van der Waals surface area contributed by atoms with Crippen LogP contribution in [0.3, 0.4) is 0 Å². The molecule has 134 valence electrons. The lowest BCUT2D eigenvalue weighted by atomic mass is 10.1. The number of nitrogens with one attached hydrogen (secondary N) is 2. The summed E-state index contributed by atoms with van der Waals surface area (Å²) < 4.78 is 4.95. The maximum Gasteiger partial charge on any atom is 0.417 e. The number of benzene rings is 1. The number of nitrogens with zero attached hydrogens (tertiary/aromatic N) is 2. The minimum absolute atomic E-state index is 0.0640. The molecule has 3 aromatic rings. The standard InChI is InChI=1S/C18H18N4O4/c23-16(9-12-3-4-19-11-12)21-5-7-22(8-6-21)17(24)13-1-2-15-14(10-13)20-18(25)26-15/h1-4,10-11,19H,5-9H2,(H,20,25). The van der Waals surface area contributed by atoms with E-state index >= 15 is 0 Å². The van der Waals surface area contributed by atoms with Gasteiger partial charge in [0.15, 0.2) is 5.58 Å². The van der Waals surface area contributed by atoms with Crippen LogP contribution in [0.1, 0.15) is 15.9 Å². The van der Waals surface area contributed by atoms with Crippen LogP contribution in [0.4, 0.5) is 0 Å². The van der Waals surface area contributed by atoms with E-state index in [-0.39, 0.29) is 11.8 Å². The van der Waals surface area contributed by atoms with Gasteiger partial charge >= 0.3 is 5.76 Å². The van der Waals surface area contributed by atoms with Crippen molar-refractivity contribution < 1.29 is 14.0 Å². The maximum atomic E-state index is 12.7. The molecular formula is C18H18N4O4. The molecule has 8 nitrogen and oxygen atoms in total. The van der Waals surface area contributed by atoms with E-state index in [9.17, 15) is 14.4 Å². The van der Waals surface area contributed by atoms with Gasteiger partial charge in [-0.1, -0.05) is 0 Å². The number of rotatable bonds is 3. The monoisotopic (exact) mass is 354 g/mol. The summed E-state index contributed by atoms with van der Waals surface area (Å²) in [7, 11) is 0. The van der Waals surface area contributed by atoms with Gasteiger partial charge in [0.1, 0.15) is 0 Å². The van der Waals surface area contributed by atoms with Crippen molar-refractivity contribution in [3.8, 4) is 0 Å². The summed E-state index contributed by atoms with van der Waals surface area (Å²) in [6.07, 6.45) is 3.97. The normalized spacial score (nSPS) is 14.8. The summed E-state index contributed by atoms with van der Waals surface area (Å²) >= 11 is 0. The Balaban J connectivity index is 1.39. The van der Waals surface area contributed by atoms with Crippen LogP contribution >= 0.6 is 0 Å². The van der Waals surface area contributed by atoms with Crippen molar-refractivity contribution in [3.05, 3.63) is 58.3 Å². The second-order valence-electron chi connectivity index (χ2n) is 6.29. The summed E-state index contributed by atoms with van der Waals surface area (Å²) in [5.41, 5.74) is 2.37. The number of amides is 2. The fourth-order valence-corrected chi connectivity index (χ4v) is 3.18. The number of oxazole rings is 1. The number of piperazine rings is 1. The van der Waals surface area contributed by atoms with E-state index in [1.54, 1.807) is 34.2 Å². The van der Waals surface area contributed by atoms with Crippen LogP contribution in [-0.4, -0.2) is 57.8 Å². The number of carbonyl (C=O) groups excluding carboxylic acids is 2. The van der Waals surface area contributed by atoms with Gasteiger partial charge in [-0.25, -0.2) is 4.79 Å². The van der Waals surface area contributed by atoms with Gasteiger partial charge in [0.2, 0.25) is 5.91 Å². The van der Waals surface area contributed by atoms with Crippen LogP contribution in [0.5, 0.6) is 0 Å². The molecule has 1 aliphatic rings. The highest BCUT2D eigenvalue weighted by Crippen LogP contribution is 2.15. The number of aromatic nitrogens is 2. The molecule has 0 atom stereocenters. The smallest absolute Gasteiger partial charge is 0.408 e. The highest BCUT2D eigenvalue weighted by atomic mass is 16.4. The largest absolute Gasteiger partial charge is 0.417 e. The quantitative estimate of drug-likeness (QED) is 0.732. The van der Waals surface area contributed by atoms with Crippen LogP contribution in [0.2, 0.25) is 0 Å². The van der Waals surface area contributed by atoms with Gasteiger partial charge in [-0.15, -0.1) is 0 Å². The van der Waals surface area contributed by atoms with Crippen molar-refractivity contribution in [2.24, 2.45) is 0 Å². The van der Waals surface area contributed by atoms with Crippen LogP contribution in [0.15, 0.2) is 45.9 Å². The van der Waals surface area contributed by atoms with Crippen molar-refractivity contribution in [2.45, 2.75) is 6.42 Å². The Labute approximate surface area is 148 Å². The van der Waals surface area contributed by atoms with Crippen molar-refractivity contribution in [1.29, 1.82) is 0 Å². The number of hydrogen-bond acceptors (Lipinski definition) is 4. The Morgan fingerprint density at radius 3 is 2.58 bits per heavy atom. The minimum Gasteiger partial charge on any atom is -0.408 e. The van der Waals surface area contributed by atoms with Gasteiger partial charge in [0.25, 0.3) is 5.91 Å². The molecule has 1 aromatic carbocycles. The van der Waals surface area contributed by atoms with Crippen LogP contribution < -0.4 is 5.76 Å². The van der Waals surface area contributed by atoms with Crippen molar-refractivity contribution in [3.63, 3.8) is 0 Å². The van der Waals surface area contributed by atoms with Crippen LogP contribution in [-0.2, 0) is 11.2 Å². The molecule has 1 saturated heterocycles. The zero-order valence-electron chi connectivity index (χ0n) is 14.0. The molecular weight excluding hydrogens is 336 g/mol. The first-order valence-electron chi connectivity index (χ1n) is 8.42. The Morgan fingerprint density at radius 1 is 1.08 bits per heavy atom. The highest BCUT2D eigenvalue weighted by Gasteiger charge is 2.25. The van der Waals surface area contributed by atoms with Gasteiger partial charge in [-0.3, -0.25) is 14.6 Å². The lowest BCUT2D eigenvalue weighted by Gasteiger charge is -2.34. The summed E-state index contributed by atoms with van der Waals surface area (Å²) in [4.78, 5) is 45.2. The van der Waals surface area contributed by atoms with Crippen LogP contribution in [0, 0.1) is 0 Å². The number of H-pyrrole nitrogens is 2. The highest BCUT2D eigenvalue weighted by molar-refractivity contribution is 5.97. The molecule has 0 spiro atoms. The van der Waals surface area contributed by atoms with Gasteiger partial charge in [-0.05, 0) is 29.8 Å². The molecule has 8 heteroatoms. The van der Waals surface area contributed by atoms with Crippen LogP contribution in [0.25, 0.3) is 11.1 Å². The third kappa shape index (κ3) is 3.13. The molecule has 0 saturated carbocycles. The Kier molecular flexibility index (Phi) is 4.08. The zero-order valence-corrected chi connectivity index (χ0v) is 14.0. The van der Waals surface area contributed by atoms with Crippen molar-refractivity contribution in [1.82, 2.24) is 19.8 Å². The van der Waals surface area contributed by atoms with Gasteiger partial charge < -0.3 is 19.2 Å². The first-order valence-corrected chi connectivity index (χ1v) is 8.42. The van der Waals surface area contributed by atoms with E-state index in [0.29, 0.717) is 49.3 Å². The first-order chi connectivity index (χ1) is 12.6. The molecule has 4 rings (SSSR count). The average molecular weight is 354 g/mol. The first kappa shape index (κ1) is 16.2. The molecule has 26 heavy (non-hydrogen) atoms. The predicted octanol–water partition coefficient (Wildman–Crippen LogP) is 0.976. The zero-order chi connectivity index (χ0) is 18.1. The van der Waals surface area contributed by atoms with E-state index in [1.807, 2.05) is 12.3 Å². The number of hydrogen-bond donors (Lipinski definition) is 2. The van der Waals surface area contributed by atoms with E-state index in [1.165, 1.54) is 0 Å². The van der Waals surface area contributed by atoms with Gasteiger partial charge in [0.05, 0.1) is 11.9 Å². The molecule has 2 N–H and O–H groups in total. The fraction of sp³-hybridized carbons (Fsp3) is 0.278. The van der Waals surface area contributed by atoms with E-state index in [4.69, 9.17) is 4.42 Å². The minimum atomic E-state index is -0.542. The third-order valence-corrected chi connectivity index (χ3v) is 4.60. The van der Waals surface area contributed by atoms with Gasteiger partial charge in [0, 0.05) is 44.1 Å². The molecule has 2 aromatic heterocycles. The van der Waals surface area contributed by atoms with Crippen molar-refractivity contribution in [2.75, 3.05) is 26.2 Å². The molecule has 0 radical (unpaired) electrons.